The molecule has 0 radical (unpaired) electrons. The van der Waals surface area contributed by atoms with E-state index in [4.69, 9.17) is 0 Å². The summed E-state index contributed by atoms with van der Waals surface area (Å²) >= 11 is 0. The first-order valence-electron chi connectivity index (χ1n) is 18.7. The highest BCUT2D eigenvalue weighted by Gasteiger charge is 2.44. The third-order valence-corrected chi connectivity index (χ3v) is 19.8. The van der Waals surface area contributed by atoms with Gasteiger partial charge in [-0.2, -0.15) is 0 Å². The van der Waals surface area contributed by atoms with E-state index in [-0.39, 0.29) is 0 Å². The molecule has 6 aromatic carbocycles. The number of hydrogen-bond acceptors (Lipinski definition) is 0. The van der Waals surface area contributed by atoms with Crippen molar-refractivity contribution >= 4 is 57.5 Å². The van der Waals surface area contributed by atoms with Crippen LogP contribution < -0.4 is 31.1 Å². The molecule has 0 spiro atoms. The number of rotatable bonds is 9. The van der Waals surface area contributed by atoms with E-state index in [1.807, 2.05) is 0 Å². The molecule has 0 saturated heterocycles. The van der Waals surface area contributed by atoms with Gasteiger partial charge in [0.25, 0.3) is 0 Å². The maximum atomic E-state index is 14.4. The monoisotopic (exact) mass is 996 g/mol. The maximum absolute atomic E-state index is 14.4. The van der Waals surface area contributed by atoms with Crippen molar-refractivity contribution in [3.8, 4) is 0 Å². The van der Waals surface area contributed by atoms with Crippen LogP contribution in [0.25, 0.3) is 0 Å². The van der Waals surface area contributed by atoms with Crippen molar-refractivity contribution in [1.82, 2.24) is 0 Å². The second-order valence-electron chi connectivity index (χ2n) is 13.7. The Balaban J connectivity index is 0.000000246. The van der Waals surface area contributed by atoms with Gasteiger partial charge in [0.2, 0.25) is 23.3 Å². The first kappa shape index (κ1) is 52.2. The predicted octanol–water partition coefficient (Wildman–Crippen LogP) is 8.93. The molecule has 0 aliphatic carbocycles. The van der Waals surface area contributed by atoms with Crippen molar-refractivity contribution in [2.75, 3.05) is 0 Å². The molecule has 0 heterocycles. The summed E-state index contributed by atoms with van der Waals surface area (Å²) in [6.07, 6.45) is 0. The summed E-state index contributed by atoms with van der Waals surface area (Å²) in [4.78, 5) is 0. The van der Waals surface area contributed by atoms with Crippen molar-refractivity contribution in [2.45, 2.75) is 38.9 Å². The number of benzene rings is 6. The Hall–Kier alpha value is -5.43. The Bertz CT molecular complexity index is 2380. The van der Waals surface area contributed by atoms with Gasteiger partial charge in [0.15, 0.2) is 102 Å². The molecular weight excluding hydrogens is 969 g/mol. The van der Waals surface area contributed by atoms with E-state index >= 15 is 0 Å². The Labute approximate surface area is 360 Å². The van der Waals surface area contributed by atoms with Gasteiger partial charge >= 0.3 is 0 Å². The molecule has 6 rings (SSSR count). The van der Waals surface area contributed by atoms with Gasteiger partial charge in [-0.25, -0.2) is 87.8 Å². The zero-order valence-electron chi connectivity index (χ0n) is 33.2. The van der Waals surface area contributed by atoms with Crippen LogP contribution in [-0.4, -0.2) is 26.4 Å². The lowest BCUT2D eigenvalue weighted by atomic mass is 10.3. The summed E-state index contributed by atoms with van der Waals surface area (Å²) < 4.78 is 274. The third-order valence-electron chi connectivity index (χ3n) is 10.0. The largest absolute Gasteiger partial charge is 0.204 e. The Morgan fingerprint density at radius 1 is 0.262 bits per heavy atom. The molecule has 348 valence electrons. The molecule has 0 fully saturated rings. The normalized spacial score (nSPS) is 11.3. The first-order chi connectivity index (χ1) is 30.5. The number of halogens is 20. The maximum Gasteiger partial charge on any atom is 0.200 e. The first-order valence-corrected chi connectivity index (χ1v) is 24.6. The molecule has 0 saturated carbocycles. The van der Waals surface area contributed by atoms with Gasteiger partial charge in [-0.1, -0.05) is 110 Å². The van der Waals surface area contributed by atoms with Gasteiger partial charge in [0.1, 0.15) is 8.80 Å². The van der Waals surface area contributed by atoms with Gasteiger partial charge in [0, 0.05) is 20.7 Å². The minimum Gasteiger partial charge on any atom is -0.204 e. The highest BCUT2D eigenvalue weighted by atomic mass is 28.3. The van der Waals surface area contributed by atoms with Crippen LogP contribution in [-0.2, 0) is 0 Å². The van der Waals surface area contributed by atoms with Crippen molar-refractivity contribution in [1.29, 1.82) is 0 Å². The van der Waals surface area contributed by atoms with Gasteiger partial charge in [-0.3, -0.25) is 0 Å². The quantitative estimate of drug-likeness (QED) is 0.0447. The van der Waals surface area contributed by atoms with Crippen LogP contribution in [0.5, 0.6) is 0 Å². The van der Waals surface area contributed by atoms with E-state index in [0.717, 1.165) is 0 Å². The molecule has 0 bridgehead atoms. The van der Waals surface area contributed by atoms with Gasteiger partial charge in [-0.15, -0.1) is 0 Å². The highest BCUT2D eigenvalue weighted by molar-refractivity contribution is 6.95. The Morgan fingerprint density at radius 2 is 0.462 bits per heavy atom. The average molecular weight is 997 g/mol. The van der Waals surface area contributed by atoms with Crippen molar-refractivity contribution in [2.24, 2.45) is 0 Å². The summed E-state index contributed by atoms with van der Waals surface area (Å²) in [5.41, 5.74) is 0. The predicted molar refractivity (Wildman–Crippen MR) is 209 cm³/mol. The lowest BCUT2D eigenvalue weighted by Crippen LogP contribution is -2.60. The van der Waals surface area contributed by atoms with Gasteiger partial charge in [0.05, 0.1) is 8.80 Å². The molecule has 0 aromatic heterocycles. The molecule has 0 atom stereocenters. The smallest absolute Gasteiger partial charge is 0.200 e. The zero-order valence-corrected chi connectivity index (χ0v) is 36.7. The summed E-state index contributed by atoms with van der Waals surface area (Å²) in [5, 5.41) is -5.09. The van der Waals surface area contributed by atoms with Crippen molar-refractivity contribution < 1.29 is 87.8 Å². The SMILES string of the molecule is CC[SiH](CC)c1c(F)c(F)c(F)c(F)c1F.CC[SiH](c1ccccc1)c1ccccc1.Fc1c(F)c(F)c([SiH](c2c(F)c(F)c(F)c(F)c2F)c2c(F)c(F)c(F)c(F)c2F)c(F)c1F. The van der Waals surface area contributed by atoms with Crippen molar-refractivity contribution in [3.63, 3.8) is 0 Å². The fourth-order valence-corrected chi connectivity index (χ4v) is 15.0. The standard InChI is InChI=1S/C18HF15Si.C14H16Si.C10H11F5Si/c19-1-4(22)10(28)16(11(29)5(1)23)34(17-12(30)6(24)2(20)7(25)13(17)31)18-14(32)8(26)3(21)9(27)15(18)33;1-2-15(13-9-5-3-6-10-13)14-11-7-4-8-12-14;1-3-16(4-2)10-8(14)6(12)5(11)7(13)9(10)15/h34H;3-12,15H,2H2,1H3;16H,3-4H2,1-2H3. The summed E-state index contributed by atoms with van der Waals surface area (Å²) in [6, 6.07) is 24.0. The van der Waals surface area contributed by atoms with Crippen LogP contribution in [0.2, 0.25) is 18.1 Å². The minimum atomic E-state index is -5.96. The van der Waals surface area contributed by atoms with E-state index < -0.39 is 163 Å². The second kappa shape index (κ2) is 21.7. The van der Waals surface area contributed by atoms with E-state index in [1.165, 1.54) is 6.04 Å². The van der Waals surface area contributed by atoms with Crippen LogP contribution in [0.3, 0.4) is 0 Å². The molecule has 65 heavy (non-hydrogen) atoms. The second-order valence-corrected chi connectivity index (χ2v) is 23.1. The molecule has 0 nitrogen and oxygen atoms in total. The third kappa shape index (κ3) is 10.0. The topological polar surface area (TPSA) is 0 Å². The van der Waals surface area contributed by atoms with Crippen LogP contribution >= 0.6 is 0 Å². The number of hydrogen-bond donors (Lipinski definition) is 0. The Kier molecular flexibility index (Phi) is 17.4. The zero-order chi connectivity index (χ0) is 48.9. The van der Waals surface area contributed by atoms with Gasteiger partial charge in [-0.05, 0) is 0 Å². The molecule has 0 aliphatic rings. The summed E-state index contributed by atoms with van der Waals surface area (Å²) in [6.45, 7) is 5.69. The molecule has 0 unspecified atom stereocenters. The average Bonchev–Trinajstić information content (AvgIpc) is 3.31. The molecule has 0 amide bonds. The fraction of sp³-hybridized carbons (Fsp3) is 0.143. The highest BCUT2D eigenvalue weighted by Crippen LogP contribution is 2.24. The summed E-state index contributed by atoms with van der Waals surface area (Å²) in [5.74, 6) is -53.7. The van der Waals surface area contributed by atoms with Crippen molar-refractivity contribution in [3.05, 3.63) is 177 Å². The molecule has 0 N–H and O–H groups in total. The van der Waals surface area contributed by atoms with Crippen LogP contribution in [0.1, 0.15) is 20.8 Å². The minimum absolute atomic E-state index is 0.453. The van der Waals surface area contributed by atoms with E-state index in [9.17, 15) is 87.8 Å². The van der Waals surface area contributed by atoms with Crippen LogP contribution in [0.4, 0.5) is 87.8 Å². The molecule has 6 aromatic rings. The fourth-order valence-electron chi connectivity index (χ4n) is 6.77. The summed E-state index contributed by atoms with van der Waals surface area (Å²) in [7, 11) is -9.00. The van der Waals surface area contributed by atoms with Gasteiger partial charge < -0.3 is 0 Å². The lowest BCUT2D eigenvalue weighted by molar-refractivity contribution is 0.380. The molecule has 23 heteroatoms. The molecule has 0 aliphatic heterocycles. The lowest BCUT2D eigenvalue weighted by Gasteiger charge is -2.22. The van der Waals surface area contributed by atoms with E-state index in [2.05, 4.69) is 67.6 Å². The Morgan fingerprint density at radius 3 is 0.662 bits per heavy atom. The van der Waals surface area contributed by atoms with Crippen LogP contribution in [0, 0.1) is 116 Å². The van der Waals surface area contributed by atoms with Crippen LogP contribution in [0.15, 0.2) is 60.7 Å². The van der Waals surface area contributed by atoms with E-state index in [0.29, 0.717) is 12.1 Å². The molecular formula is C42H28F20Si3. The van der Waals surface area contributed by atoms with E-state index in [1.54, 1.807) is 24.2 Å².